The number of rotatable bonds is 6. The summed E-state index contributed by atoms with van der Waals surface area (Å²) in [4.78, 5) is 13.1. The van der Waals surface area contributed by atoms with Crippen LogP contribution in [0.2, 0.25) is 0 Å². The van der Waals surface area contributed by atoms with Gasteiger partial charge in [0.05, 0.1) is 17.5 Å². The fourth-order valence-electron chi connectivity index (χ4n) is 4.81. The molecule has 4 rings (SSSR count). The number of nitrogens with zero attached hydrogens (tertiary/aromatic N) is 1. The van der Waals surface area contributed by atoms with Crippen molar-refractivity contribution in [3.8, 4) is 0 Å². The zero-order valence-corrected chi connectivity index (χ0v) is 18.4. The van der Waals surface area contributed by atoms with E-state index in [2.05, 4.69) is 11.4 Å². The maximum Gasteiger partial charge on any atom is 0.243 e. The fraction of sp³-hybridized carbons (Fsp3) is 0.458. The molecule has 0 aromatic heterocycles. The molecule has 1 N–H and O–H groups in total. The predicted octanol–water partition coefficient (Wildman–Crippen LogP) is 4.34. The SMILES string of the molecule is O=C(CN(C1CCCCC1)S(=O)(=O)c1ccc(F)cc1)N[C@@H]1CCCc2ccccc21. The predicted molar refractivity (Wildman–Crippen MR) is 117 cm³/mol. The van der Waals surface area contributed by atoms with Crippen LogP contribution < -0.4 is 5.32 Å². The molecule has 0 spiro atoms. The number of hydrogen-bond donors (Lipinski definition) is 1. The highest BCUT2D eigenvalue weighted by Crippen LogP contribution is 2.31. The van der Waals surface area contributed by atoms with Crippen LogP contribution in [0.1, 0.15) is 62.1 Å². The van der Waals surface area contributed by atoms with Gasteiger partial charge in [-0.3, -0.25) is 4.79 Å². The first-order chi connectivity index (χ1) is 14.9. The van der Waals surface area contributed by atoms with Crippen LogP contribution in [0.4, 0.5) is 4.39 Å². The summed E-state index contributed by atoms with van der Waals surface area (Å²) < 4.78 is 41.5. The van der Waals surface area contributed by atoms with E-state index in [9.17, 15) is 17.6 Å². The van der Waals surface area contributed by atoms with E-state index in [1.807, 2.05) is 18.2 Å². The molecule has 166 valence electrons. The van der Waals surface area contributed by atoms with Crippen molar-refractivity contribution in [3.63, 3.8) is 0 Å². The molecule has 31 heavy (non-hydrogen) atoms. The van der Waals surface area contributed by atoms with Crippen LogP contribution in [0, 0.1) is 5.82 Å². The second-order valence-electron chi connectivity index (χ2n) is 8.51. The molecule has 1 saturated carbocycles. The summed E-state index contributed by atoms with van der Waals surface area (Å²) in [5, 5.41) is 3.07. The van der Waals surface area contributed by atoms with Gasteiger partial charge in [0.25, 0.3) is 0 Å². The zero-order valence-electron chi connectivity index (χ0n) is 17.6. The maximum absolute atomic E-state index is 13.4. The molecule has 0 aliphatic heterocycles. The van der Waals surface area contributed by atoms with E-state index >= 15 is 0 Å². The number of benzene rings is 2. The summed E-state index contributed by atoms with van der Waals surface area (Å²) in [5.74, 6) is -0.783. The first-order valence-corrected chi connectivity index (χ1v) is 12.5. The van der Waals surface area contributed by atoms with Crippen LogP contribution in [-0.4, -0.2) is 31.2 Å². The molecule has 0 heterocycles. The zero-order chi connectivity index (χ0) is 21.8. The van der Waals surface area contributed by atoms with E-state index in [1.54, 1.807) is 0 Å². The van der Waals surface area contributed by atoms with Crippen molar-refractivity contribution >= 4 is 15.9 Å². The molecule has 1 atom stereocenters. The molecule has 0 unspecified atom stereocenters. The molecule has 2 aromatic carbocycles. The molecule has 0 radical (unpaired) electrons. The van der Waals surface area contributed by atoms with Crippen molar-refractivity contribution in [2.75, 3.05) is 6.54 Å². The van der Waals surface area contributed by atoms with Gasteiger partial charge in [0.15, 0.2) is 0 Å². The average molecular weight is 445 g/mol. The van der Waals surface area contributed by atoms with E-state index in [0.29, 0.717) is 0 Å². The van der Waals surface area contributed by atoms with Gasteiger partial charge in [-0.1, -0.05) is 43.5 Å². The highest BCUT2D eigenvalue weighted by molar-refractivity contribution is 7.89. The number of nitrogens with one attached hydrogen (secondary N) is 1. The molecule has 2 aromatic rings. The highest BCUT2D eigenvalue weighted by Gasteiger charge is 2.34. The van der Waals surface area contributed by atoms with Gasteiger partial charge in [-0.15, -0.1) is 0 Å². The van der Waals surface area contributed by atoms with Crippen LogP contribution in [-0.2, 0) is 21.2 Å². The van der Waals surface area contributed by atoms with E-state index < -0.39 is 15.8 Å². The molecule has 7 heteroatoms. The summed E-state index contributed by atoms with van der Waals surface area (Å²) in [5.41, 5.74) is 2.36. The second kappa shape index (κ2) is 9.49. The standard InChI is InChI=1S/C24H29FN2O3S/c25-19-13-15-21(16-14-19)31(29,30)27(20-9-2-1-3-10-20)17-24(28)26-23-12-6-8-18-7-4-5-11-22(18)23/h4-5,7,11,13-16,20,23H,1-3,6,8-10,12,17H2,(H,26,28)/t23-/m1/s1. The third-order valence-corrected chi connectivity index (χ3v) is 8.32. The second-order valence-corrected chi connectivity index (χ2v) is 10.4. The molecule has 2 aliphatic rings. The van der Waals surface area contributed by atoms with Gasteiger partial charge in [0, 0.05) is 6.04 Å². The normalized spacial score (nSPS) is 19.7. The Bertz CT molecular complexity index is 1020. The Morgan fingerprint density at radius 1 is 0.968 bits per heavy atom. The Kier molecular flexibility index (Phi) is 6.72. The van der Waals surface area contributed by atoms with Gasteiger partial charge in [-0.25, -0.2) is 12.8 Å². The van der Waals surface area contributed by atoms with E-state index in [4.69, 9.17) is 0 Å². The fourth-order valence-corrected chi connectivity index (χ4v) is 6.45. The quantitative estimate of drug-likeness (QED) is 0.721. The summed E-state index contributed by atoms with van der Waals surface area (Å²) in [6.45, 7) is -0.219. The third-order valence-electron chi connectivity index (χ3n) is 6.41. The van der Waals surface area contributed by atoms with Crippen LogP contribution >= 0.6 is 0 Å². The van der Waals surface area contributed by atoms with Crippen molar-refractivity contribution in [3.05, 3.63) is 65.5 Å². The van der Waals surface area contributed by atoms with Crippen LogP contribution in [0.15, 0.2) is 53.4 Å². The number of hydrogen-bond acceptors (Lipinski definition) is 3. The van der Waals surface area contributed by atoms with E-state index in [-0.39, 0.29) is 29.4 Å². The largest absolute Gasteiger partial charge is 0.348 e. The Morgan fingerprint density at radius 3 is 2.42 bits per heavy atom. The molecule has 2 aliphatic carbocycles. The number of amides is 1. The smallest absolute Gasteiger partial charge is 0.243 e. The van der Waals surface area contributed by atoms with Crippen molar-refractivity contribution in [1.29, 1.82) is 0 Å². The monoisotopic (exact) mass is 444 g/mol. The number of carbonyl (C=O) groups excluding carboxylic acids is 1. The lowest BCUT2D eigenvalue weighted by atomic mass is 9.88. The Morgan fingerprint density at radius 2 is 1.68 bits per heavy atom. The van der Waals surface area contributed by atoms with Gasteiger partial charge < -0.3 is 5.32 Å². The third kappa shape index (κ3) is 4.99. The molecule has 0 saturated heterocycles. The topological polar surface area (TPSA) is 66.5 Å². The Balaban J connectivity index is 1.55. The van der Waals surface area contributed by atoms with E-state index in [0.717, 1.165) is 69.1 Å². The van der Waals surface area contributed by atoms with Crippen molar-refractivity contribution in [2.24, 2.45) is 0 Å². The molecule has 1 fully saturated rings. The van der Waals surface area contributed by atoms with Crippen molar-refractivity contribution in [1.82, 2.24) is 9.62 Å². The molecule has 0 bridgehead atoms. The molecular weight excluding hydrogens is 415 g/mol. The Labute approximate surface area is 183 Å². The van der Waals surface area contributed by atoms with Crippen LogP contribution in [0.5, 0.6) is 0 Å². The minimum absolute atomic E-state index is 0.0234. The van der Waals surface area contributed by atoms with Gasteiger partial charge >= 0.3 is 0 Å². The van der Waals surface area contributed by atoms with Gasteiger partial charge in [0.2, 0.25) is 15.9 Å². The number of sulfonamides is 1. The molecular formula is C24H29FN2O3S. The first-order valence-electron chi connectivity index (χ1n) is 11.1. The molecule has 1 amide bonds. The molecule has 5 nitrogen and oxygen atoms in total. The van der Waals surface area contributed by atoms with Gasteiger partial charge in [-0.2, -0.15) is 4.31 Å². The van der Waals surface area contributed by atoms with E-state index in [1.165, 1.54) is 22.0 Å². The lowest BCUT2D eigenvalue weighted by Gasteiger charge is -2.34. The summed E-state index contributed by atoms with van der Waals surface area (Å²) in [7, 11) is -3.91. The van der Waals surface area contributed by atoms with Gasteiger partial charge in [0.1, 0.15) is 5.82 Å². The highest BCUT2D eigenvalue weighted by atomic mass is 32.2. The summed E-state index contributed by atoms with van der Waals surface area (Å²) in [6, 6.07) is 12.6. The summed E-state index contributed by atoms with van der Waals surface area (Å²) >= 11 is 0. The summed E-state index contributed by atoms with van der Waals surface area (Å²) in [6.07, 6.45) is 7.26. The van der Waals surface area contributed by atoms with Crippen molar-refractivity contribution in [2.45, 2.75) is 68.3 Å². The average Bonchev–Trinajstić information content (AvgIpc) is 2.78. The van der Waals surface area contributed by atoms with Crippen molar-refractivity contribution < 1.29 is 17.6 Å². The van der Waals surface area contributed by atoms with Gasteiger partial charge in [-0.05, 0) is 67.5 Å². The lowest BCUT2D eigenvalue weighted by Crippen LogP contribution is -2.47. The number of halogens is 1. The number of aryl methyl sites for hydroxylation is 1. The maximum atomic E-state index is 13.4. The number of carbonyl (C=O) groups is 1. The van der Waals surface area contributed by atoms with Crippen LogP contribution in [0.3, 0.4) is 0 Å². The number of fused-ring (bicyclic) bond motifs is 1. The van der Waals surface area contributed by atoms with Crippen LogP contribution in [0.25, 0.3) is 0 Å². The first kappa shape index (κ1) is 22.0. The minimum Gasteiger partial charge on any atom is -0.348 e. The lowest BCUT2D eigenvalue weighted by molar-refractivity contribution is -0.122. The Hall–Kier alpha value is -2.25. The minimum atomic E-state index is -3.91.